The SMILES string of the molecule is COCCN(c1ccc2c(c1)C(O)CC2)S(=O)(=O)c1cccc(C(F)(F)F)c1. The van der Waals surface area contributed by atoms with Crippen LogP contribution >= 0.6 is 0 Å². The number of aryl methyl sites for hydroxylation is 1. The molecule has 0 radical (unpaired) electrons. The second-order valence-electron chi connectivity index (χ2n) is 6.53. The maximum Gasteiger partial charge on any atom is 0.416 e. The Bertz CT molecular complexity index is 960. The van der Waals surface area contributed by atoms with Gasteiger partial charge in [0.25, 0.3) is 10.0 Å². The second kappa shape index (κ2) is 7.73. The number of nitrogens with zero attached hydrogens (tertiary/aromatic N) is 1. The number of fused-ring (bicyclic) bond motifs is 1. The fourth-order valence-electron chi connectivity index (χ4n) is 3.25. The highest BCUT2D eigenvalue weighted by Gasteiger charge is 2.33. The van der Waals surface area contributed by atoms with Gasteiger partial charge in [-0.3, -0.25) is 4.31 Å². The number of anilines is 1. The Morgan fingerprint density at radius 1 is 1.21 bits per heavy atom. The summed E-state index contributed by atoms with van der Waals surface area (Å²) in [6.45, 7) is -0.0260. The van der Waals surface area contributed by atoms with Gasteiger partial charge in [-0.15, -0.1) is 0 Å². The number of hydrogen-bond acceptors (Lipinski definition) is 4. The number of aliphatic hydroxyl groups is 1. The lowest BCUT2D eigenvalue weighted by atomic mass is 10.1. The van der Waals surface area contributed by atoms with Gasteiger partial charge in [0.05, 0.1) is 35.4 Å². The van der Waals surface area contributed by atoms with E-state index in [2.05, 4.69) is 0 Å². The Morgan fingerprint density at radius 2 is 1.96 bits per heavy atom. The molecule has 0 saturated heterocycles. The van der Waals surface area contributed by atoms with Crippen molar-refractivity contribution in [1.82, 2.24) is 0 Å². The normalized spacial score (nSPS) is 16.8. The smallest absolute Gasteiger partial charge is 0.388 e. The molecular weight excluding hydrogens is 395 g/mol. The predicted molar refractivity (Wildman–Crippen MR) is 97.6 cm³/mol. The summed E-state index contributed by atoms with van der Waals surface area (Å²) < 4.78 is 71.3. The van der Waals surface area contributed by atoms with E-state index in [-0.39, 0.29) is 18.8 Å². The molecule has 0 aromatic heterocycles. The lowest BCUT2D eigenvalue weighted by molar-refractivity contribution is -0.137. The fourth-order valence-corrected chi connectivity index (χ4v) is 4.73. The highest BCUT2D eigenvalue weighted by molar-refractivity contribution is 7.92. The molecule has 9 heteroatoms. The third-order valence-corrected chi connectivity index (χ3v) is 6.53. The molecule has 152 valence electrons. The molecule has 0 fully saturated rings. The van der Waals surface area contributed by atoms with E-state index in [1.807, 2.05) is 0 Å². The zero-order valence-electron chi connectivity index (χ0n) is 15.1. The summed E-state index contributed by atoms with van der Waals surface area (Å²) in [6.07, 6.45) is -4.09. The lowest BCUT2D eigenvalue weighted by Crippen LogP contribution is -2.34. The number of halogens is 3. The highest BCUT2D eigenvalue weighted by Crippen LogP contribution is 2.36. The Hall–Kier alpha value is -2.10. The van der Waals surface area contributed by atoms with Crippen LogP contribution in [0.4, 0.5) is 18.9 Å². The van der Waals surface area contributed by atoms with Gasteiger partial charge in [0.2, 0.25) is 0 Å². The molecule has 0 saturated carbocycles. The van der Waals surface area contributed by atoms with Gasteiger partial charge < -0.3 is 9.84 Å². The molecule has 1 N–H and O–H groups in total. The number of benzene rings is 2. The monoisotopic (exact) mass is 415 g/mol. The van der Waals surface area contributed by atoms with Crippen LogP contribution in [0.15, 0.2) is 47.4 Å². The Balaban J connectivity index is 2.05. The molecule has 1 aliphatic rings. The summed E-state index contributed by atoms with van der Waals surface area (Å²) in [6, 6.07) is 8.55. The average molecular weight is 415 g/mol. The number of hydrogen-bond donors (Lipinski definition) is 1. The minimum Gasteiger partial charge on any atom is -0.388 e. The highest BCUT2D eigenvalue weighted by atomic mass is 32.2. The summed E-state index contributed by atoms with van der Waals surface area (Å²) in [5.74, 6) is 0. The Morgan fingerprint density at radius 3 is 2.64 bits per heavy atom. The van der Waals surface area contributed by atoms with Gasteiger partial charge in [-0.05, 0) is 54.3 Å². The van der Waals surface area contributed by atoms with Crippen molar-refractivity contribution in [2.24, 2.45) is 0 Å². The van der Waals surface area contributed by atoms with Crippen LogP contribution in [0.1, 0.15) is 29.2 Å². The van der Waals surface area contributed by atoms with E-state index in [0.717, 1.165) is 28.1 Å². The quantitative estimate of drug-likeness (QED) is 0.784. The van der Waals surface area contributed by atoms with Gasteiger partial charge >= 0.3 is 6.18 Å². The zero-order chi connectivity index (χ0) is 20.5. The molecule has 1 unspecified atom stereocenters. The molecule has 3 rings (SSSR count). The molecule has 5 nitrogen and oxygen atoms in total. The number of rotatable bonds is 6. The molecule has 1 atom stereocenters. The average Bonchev–Trinajstić information content (AvgIpc) is 3.02. The van der Waals surface area contributed by atoms with Crippen molar-refractivity contribution >= 4 is 15.7 Å². The first-order valence-electron chi connectivity index (χ1n) is 8.64. The molecule has 0 amide bonds. The van der Waals surface area contributed by atoms with Gasteiger partial charge in [0, 0.05) is 7.11 Å². The van der Waals surface area contributed by atoms with Gasteiger partial charge in [-0.1, -0.05) is 12.1 Å². The van der Waals surface area contributed by atoms with Gasteiger partial charge in [-0.2, -0.15) is 13.2 Å². The van der Waals surface area contributed by atoms with E-state index in [0.29, 0.717) is 24.5 Å². The molecule has 1 aliphatic carbocycles. The van der Waals surface area contributed by atoms with Crippen LogP contribution in [0, 0.1) is 0 Å². The molecule has 2 aromatic carbocycles. The second-order valence-corrected chi connectivity index (χ2v) is 8.40. The topological polar surface area (TPSA) is 66.8 Å². The van der Waals surface area contributed by atoms with Crippen LogP contribution < -0.4 is 4.31 Å². The third-order valence-electron chi connectivity index (χ3n) is 4.71. The number of ether oxygens (including phenoxy) is 1. The van der Waals surface area contributed by atoms with E-state index >= 15 is 0 Å². The number of sulfonamides is 1. The third kappa shape index (κ3) is 4.01. The zero-order valence-corrected chi connectivity index (χ0v) is 15.9. The standard InChI is InChI=1S/C19H20F3NO4S/c1-27-10-9-23(15-7-5-13-6-8-18(24)17(13)12-15)28(25,26)16-4-2-3-14(11-16)19(20,21)22/h2-5,7,11-12,18,24H,6,8-10H2,1H3. The van der Waals surface area contributed by atoms with Gasteiger partial charge in [0.15, 0.2) is 0 Å². The van der Waals surface area contributed by atoms with Crippen LogP contribution in [0.2, 0.25) is 0 Å². The van der Waals surface area contributed by atoms with Crippen molar-refractivity contribution < 1.29 is 31.4 Å². The van der Waals surface area contributed by atoms with Crippen molar-refractivity contribution in [2.75, 3.05) is 24.6 Å². The Kier molecular flexibility index (Phi) is 5.69. The summed E-state index contributed by atoms with van der Waals surface area (Å²) >= 11 is 0. The molecule has 2 aromatic rings. The van der Waals surface area contributed by atoms with E-state index in [1.54, 1.807) is 18.2 Å². The molecule has 0 aliphatic heterocycles. The molecule has 28 heavy (non-hydrogen) atoms. The molecule has 0 heterocycles. The summed E-state index contributed by atoms with van der Waals surface area (Å²) in [5, 5.41) is 10.1. The van der Waals surface area contributed by atoms with Crippen molar-refractivity contribution in [3.63, 3.8) is 0 Å². The van der Waals surface area contributed by atoms with Crippen LogP contribution in [0.3, 0.4) is 0 Å². The van der Waals surface area contributed by atoms with E-state index < -0.39 is 32.8 Å². The number of alkyl halides is 3. The van der Waals surface area contributed by atoms with Crippen LogP contribution in [-0.2, 0) is 27.4 Å². The predicted octanol–water partition coefficient (Wildman–Crippen LogP) is 3.53. The largest absolute Gasteiger partial charge is 0.416 e. The van der Waals surface area contributed by atoms with Crippen LogP contribution in [0.5, 0.6) is 0 Å². The maximum atomic E-state index is 13.1. The van der Waals surface area contributed by atoms with Gasteiger partial charge in [0.1, 0.15) is 0 Å². The molecule has 0 spiro atoms. The minimum atomic E-state index is -4.65. The summed E-state index contributed by atoms with van der Waals surface area (Å²) in [5.41, 5.74) is 0.803. The van der Waals surface area contributed by atoms with Crippen LogP contribution in [-0.4, -0.2) is 33.8 Å². The first-order valence-corrected chi connectivity index (χ1v) is 10.1. The number of methoxy groups -OCH3 is 1. The minimum absolute atomic E-state index is 0.0534. The van der Waals surface area contributed by atoms with Crippen molar-refractivity contribution in [3.8, 4) is 0 Å². The maximum absolute atomic E-state index is 13.1. The van der Waals surface area contributed by atoms with Crippen molar-refractivity contribution in [1.29, 1.82) is 0 Å². The van der Waals surface area contributed by atoms with E-state index in [1.165, 1.54) is 7.11 Å². The van der Waals surface area contributed by atoms with Crippen molar-refractivity contribution in [3.05, 3.63) is 59.2 Å². The van der Waals surface area contributed by atoms with E-state index in [9.17, 15) is 26.7 Å². The fraction of sp³-hybridized carbons (Fsp3) is 0.368. The first kappa shape index (κ1) is 20.6. The van der Waals surface area contributed by atoms with Crippen molar-refractivity contribution in [2.45, 2.75) is 30.0 Å². The molecule has 0 bridgehead atoms. The molecular formula is C19H20F3NO4S. The number of aliphatic hydroxyl groups excluding tert-OH is 1. The summed E-state index contributed by atoms with van der Waals surface area (Å²) in [7, 11) is -2.87. The van der Waals surface area contributed by atoms with Crippen LogP contribution in [0.25, 0.3) is 0 Å². The van der Waals surface area contributed by atoms with Gasteiger partial charge in [-0.25, -0.2) is 8.42 Å². The summed E-state index contributed by atoms with van der Waals surface area (Å²) in [4.78, 5) is -0.459. The van der Waals surface area contributed by atoms with E-state index in [4.69, 9.17) is 4.74 Å². The Labute approximate surface area is 161 Å². The lowest BCUT2D eigenvalue weighted by Gasteiger charge is -2.25. The first-order chi connectivity index (χ1) is 13.1.